The van der Waals surface area contributed by atoms with Gasteiger partial charge in [0, 0.05) is 59.9 Å². The van der Waals surface area contributed by atoms with Gasteiger partial charge in [-0.25, -0.2) is 0 Å². The van der Waals surface area contributed by atoms with Crippen molar-refractivity contribution < 1.29 is 28.5 Å². The number of aromatic nitrogens is 2. The van der Waals surface area contributed by atoms with Crippen LogP contribution in [0.25, 0.3) is 45.2 Å². The van der Waals surface area contributed by atoms with E-state index >= 15 is 0 Å². The number of para-hydroxylation sites is 2. The maximum absolute atomic E-state index is 9.58. The molecule has 238 valence electrons. The normalized spacial score (nSPS) is 11.3. The van der Waals surface area contributed by atoms with Gasteiger partial charge < -0.3 is 37.7 Å². The van der Waals surface area contributed by atoms with Gasteiger partial charge in [0.15, 0.2) is 0 Å². The summed E-state index contributed by atoms with van der Waals surface area (Å²) in [6, 6.07) is 28.0. The minimum atomic E-state index is 0.111. The molecule has 0 atom stereocenters. The molecule has 0 aliphatic carbocycles. The first kappa shape index (κ1) is 31.1. The lowest BCUT2D eigenvalue weighted by molar-refractivity contribution is 0.218. The zero-order chi connectivity index (χ0) is 31.9. The standard InChI is InChI=1S/C38H40N2O6/c1-27-31(37-15-7-21-43-37)25-33(39(27)17-9-19-41)29-11-3-5-13-35(29)45-23-24-46-36-14-6-4-12-30(36)34-26-32(38-16-8-22-44-38)28(2)40(34)18-10-20-42/h3-8,11-16,21-22,25-26,41-42H,9-10,17-20,23-24H2,1-2H3. The number of nitrogens with zero attached hydrogens (tertiary/aromatic N) is 2. The minimum absolute atomic E-state index is 0.111. The summed E-state index contributed by atoms with van der Waals surface area (Å²) in [5.41, 5.74) is 8.11. The minimum Gasteiger partial charge on any atom is -0.489 e. The first-order valence-corrected chi connectivity index (χ1v) is 15.7. The average molecular weight is 621 g/mol. The van der Waals surface area contributed by atoms with Gasteiger partial charge in [-0.1, -0.05) is 24.3 Å². The fourth-order valence-electron chi connectivity index (χ4n) is 6.04. The van der Waals surface area contributed by atoms with E-state index < -0.39 is 0 Å². The highest BCUT2D eigenvalue weighted by molar-refractivity contribution is 5.77. The van der Waals surface area contributed by atoms with Gasteiger partial charge in [-0.15, -0.1) is 0 Å². The lowest BCUT2D eigenvalue weighted by Crippen LogP contribution is -2.11. The van der Waals surface area contributed by atoms with Crippen LogP contribution in [0.2, 0.25) is 0 Å². The van der Waals surface area contributed by atoms with Crippen molar-refractivity contribution in [2.75, 3.05) is 26.4 Å². The Hall–Kier alpha value is -4.92. The topological polar surface area (TPSA) is 95.1 Å². The zero-order valence-electron chi connectivity index (χ0n) is 26.3. The summed E-state index contributed by atoms with van der Waals surface area (Å²) in [7, 11) is 0. The van der Waals surface area contributed by atoms with Crippen molar-refractivity contribution in [1.29, 1.82) is 0 Å². The molecular formula is C38H40N2O6. The molecule has 8 nitrogen and oxygen atoms in total. The highest BCUT2D eigenvalue weighted by Gasteiger charge is 2.20. The SMILES string of the molecule is Cc1c(-c2ccco2)cc(-c2ccccc2OCCOc2ccccc2-c2cc(-c3ccco3)c(C)n2CCCO)n1CCCO. The van der Waals surface area contributed by atoms with E-state index in [1.807, 2.05) is 60.7 Å². The van der Waals surface area contributed by atoms with Gasteiger partial charge in [0.1, 0.15) is 36.2 Å². The zero-order valence-corrected chi connectivity index (χ0v) is 26.3. The molecule has 0 aliphatic rings. The molecule has 2 aromatic carbocycles. The molecule has 6 aromatic rings. The van der Waals surface area contributed by atoms with Crippen molar-refractivity contribution in [3.63, 3.8) is 0 Å². The second-order valence-corrected chi connectivity index (χ2v) is 11.2. The predicted octanol–water partition coefficient (Wildman–Crippen LogP) is 7.98. The predicted molar refractivity (Wildman–Crippen MR) is 179 cm³/mol. The van der Waals surface area contributed by atoms with Crippen LogP contribution >= 0.6 is 0 Å². The van der Waals surface area contributed by atoms with Gasteiger partial charge in [0.2, 0.25) is 0 Å². The summed E-state index contributed by atoms with van der Waals surface area (Å²) in [6.07, 6.45) is 4.64. The number of rotatable bonds is 15. The number of hydrogen-bond donors (Lipinski definition) is 2. The molecule has 4 heterocycles. The van der Waals surface area contributed by atoms with Crippen molar-refractivity contribution >= 4 is 0 Å². The van der Waals surface area contributed by atoms with Crippen molar-refractivity contribution in [3.8, 4) is 56.7 Å². The van der Waals surface area contributed by atoms with E-state index in [2.05, 4.69) is 47.2 Å². The molecule has 46 heavy (non-hydrogen) atoms. The third-order valence-corrected chi connectivity index (χ3v) is 8.31. The Morgan fingerprint density at radius 3 is 1.39 bits per heavy atom. The molecule has 0 saturated carbocycles. The van der Waals surface area contributed by atoms with Crippen molar-refractivity contribution in [2.45, 2.75) is 39.8 Å². The molecule has 0 spiro atoms. The Morgan fingerprint density at radius 2 is 1.00 bits per heavy atom. The summed E-state index contributed by atoms with van der Waals surface area (Å²) in [5.74, 6) is 3.12. The molecule has 0 bridgehead atoms. The Morgan fingerprint density at radius 1 is 0.565 bits per heavy atom. The highest BCUT2D eigenvalue weighted by atomic mass is 16.5. The monoisotopic (exact) mass is 620 g/mol. The highest BCUT2D eigenvalue weighted by Crippen LogP contribution is 2.39. The summed E-state index contributed by atoms with van der Waals surface area (Å²) >= 11 is 0. The maximum Gasteiger partial charge on any atom is 0.135 e. The Kier molecular flexibility index (Phi) is 9.76. The molecule has 0 amide bonds. The smallest absolute Gasteiger partial charge is 0.135 e. The van der Waals surface area contributed by atoms with Crippen LogP contribution in [0.4, 0.5) is 0 Å². The van der Waals surface area contributed by atoms with Gasteiger partial charge in [0.05, 0.1) is 23.9 Å². The number of furan rings is 2. The summed E-state index contributed by atoms with van der Waals surface area (Å²) in [5, 5.41) is 19.2. The third kappa shape index (κ3) is 6.40. The Bertz CT molecular complexity index is 1710. The van der Waals surface area contributed by atoms with Crippen molar-refractivity contribution in [2.24, 2.45) is 0 Å². The molecule has 0 saturated heterocycles. The van der Waals surface area contributed by atoms with E-state index in [1.54, 1.807) is 12.5 Å². The number of aliphatic hydroxyl groups excluding tert-OH is 2. The molecule has 4 aromatic heterocycles. The second-order valence-electron chi connectivity index (χ2n) is 11.2. The van der Waals surface area contributed by atoms with Crippen molar-refractivity contribution in [3.05, 3.63) is 109 Å². The maximum atomic E-state index is 9.58. The van der Waals surface area contributed by atoms with E-state index in [0.29, 0.717) is 39.1 Å². The first-order chi connectivity index (χ1) is 22.6. The first-order valence-electron chi connectivity index (χ1n) is 15.7. The van der Waals surface area contributed by atoms with Crippen LogP contribution in [-0.2, 0) is 13.1 Å². The number of ether oxygens (including phenoxy) is 2. The van der Waals surface area contributed by atoms with Gasteiger partial charge in [0.25, 0.3) is 0 Å². The van der Waals surface area contributed by atoms with Gasteiger partial charge in [-0.05, 0) is 87.4 Å². The molecule has 0 unspecified atom stereocenters. The second kappa shape index (κ2) is 14.5. The number of benzene rings is 2. The van der Waals surface area contributed by atoms with E-state index in [0.717, 1.165) is 68.0 Å². The molecule has 0 aliphatic heterocycles. The quantitative estimate of drug-likeness (QED) is 0.113. The van der Waals surface area contributed by atoms with Crippen LogP contribution in [0.3, 0.4) is 0 Å². The fourth-order valence-corrected chi connectivity index (χ4v) is 6.04. The summed E-state index contributed by atoms with van der Waals surface area (Å²) < 4.78 is 28.6. The van der Waals surface area contributed by atoms with Gasteiger partial charge in [-0.3, -0.25) is 0 Å². The van der Waals surface area contributed by atoms with Crippen LogP contribution in [0, 0.1) is 13.8 Å². The number of aliphatic hydroxyl groups is 2. The lowest BCUT2D eigenvalue weighted by Gasteiger charge is -2.17. The van der Waals surface area contributed by atoms with E-state index in [-0.39, 0.29) is 13.2 Å². The fraction of sp³-hybridized carbons (Fsp3) is 0.263. The number of hydrogen-bond acceptors (Lipinski definition) is 6. The van der Waals surface area contributed by atoms with E-state index in [4.69, 9.17) is 18.3 Å². The average Bonchev–Trinajstić information content (AvgIpc) is 3.90. The Labute approximate surface area is 269 Å². The van der Waals surface area contributed by atoms with Crippen LogP contribution in [0.5, 0.6) is 11.5 Å². The van der Waals surface area contributed by atoms with Crippen molar-refractivity contribution in [1.82, 2.24) is 9.13 Å². The van der Waals surface area contributed by atoms with Crippen LogP contribution in [0.1, 0.15) is 24.2 Å². The lowest BCUT2D eigenvalue weighted by atomic mass is 10.1. The molecule has 0 fully saturated rings. The van der Waals surface area contributed by atoms with Gasteiger partial charge >= 0.3 is 0 Å². The van der Waals surface area contributed by atoms with Crippen LogP contribution < -0.4 is 9.47 Å². The molecule has 8 heteroatoms. The third-order valence-electron chi connectivity index (χ3n) is 8.31. The van der Waals surface area contributed by atoms with Crippen LogP contribution in [-0.4, -0.2) is 45.8 Å². The molecule has 2 N–H and O–H groups in total. The Balaban J connectivity index is 1.22. The van der Waals surface area contributed by atoms with Crippen LogP contribution in [0.15, 0.2) is 106 Å². The summed E-state index contributed by atoms with van der Waals surface area (Å²) in [4.78, 5) is 0. The van der Waals surface area contributed by atoms with E-state index in [1.165, 1.54) is 0 Å². The summed E-state index contributed by atoms with van der Waals surface area (Å²) in [6.45, 7) is 6.41. The molecule has 0 radical (unpaired) electrons. The molecular weight excluding hydrogens is 580 g/mol. The van der Waals surface area contributed by atoms with E-state index in [9.17, 15) is 10.2 Å². The largest absolute Gasteiger partial charge is 0.489 e. The molecule has 6 rings (SSSR count). The van der Waals surface area contributed by atoms with Gasteiger partial charge in [-0.2, -0.15) is 0 Å².